The van der Waals surface area contributed by atoms with Crippen LogP contribution in [-0.2, 0) is 4.79 Å². The molecular formula is C17H27N5O. The van der Waals surface area contributed by atoms with Crippen molar-refractivity contribution in [2.24, 2.45) is 5.92 Å². The third-order valence-corrected chi connectivity index (χ3v) is 5.95. The SMILES string of the molecule is Cc1nc(C2CCN(C(=O)[C@@H]3C[C@H]4CCCC[C@@H]4N3)CC2)n[nH]1. The summed E-state index contributed by atoms with van der Waals surface area (Å²) in [5, 5.41) is 10.8. The minimum Gasteiger partial charge on any atom is -0.341 e. The number of aromatic nitrogens is 3. The molecule has 2 N–H and O–H groups in total. The Kier molecular flexibility index (Phi) is 4.09. The van der Waals surface area contributed by atoms with E-state index >= 15 is 0 Å². The van der Waals surface area contributed by atoms with Crippen molar-refractivity contribution in [3.8, 4) is 0 Å². The average molecular weight is 317 g/mol. The zero-order chi connectivity index (χ0) is 15.8. The molecule has 1 saturated carbocycles. The lowest BCUT2D eigenvalue weighted by Crippen LogP contribution is -2.48. The van der Waals surface area contributed by atoms with Crippen LogP contribution in [0.15, 0.2) is 0 Å². The third kappa shape index (κ3) is 3.01. The van der Waals surface area contributed by atoms with E-state index in [2.05, 4.69) is 25.4 Å². The van der Waals surface area contributed by atoms with Gasteiger partial charge in [0.15, 0.2) is 5.82 Å². The molecule has 1 aromatic heterocycles. The predicted octanol–water partition coefficient (Wildman–Crippen LogP) is 1.74. The summed E-state index contributed by atoms with van der Waals surface area (Å²) in [5.41, 5.74) is 0. The quantitative estimate of drug-likeness (QED) is 0.871. The molecule has 126 valence electrons. The van der Waals surface area contributed by atoms with Crippen LogP contribution in [0.25, 0.3) is 0 Å². The van der Waals surface area contributed by atoms with Crippen LogP contribution in [0.5, 0.6) is 0 Å². The lowest BCUT2D eigenvalue weighted by atomic mass is 9.85. The molecule has 1 amide bonds. The lowest BCUT2D eigenvalue weighted by Gasteiger charge is -2.32. The zero-order valence-electron chi connectivity index (χ0n) is 13.9. The van der Waals surface area contributed by atoms with E-state index in [-0.39, 0.29) is 6.04 Å². The summed E-state index contributed by atoms with van der Waals surface area (Å²) in [6, 6.07) is 0.650. The van der Waals surface area contributed by atoms with Crippen LogP contribution in [0.3, 0.4) is 0 Å². The molecule has 0 unspecified atom stereocenters. The number of amides is 1. The number of rotatable bonds is 2. The van der Waals surface area contributed by atoms with Crippen LogP contribution in [0.4, 0.5) is 0 Å². The Morgan fingerprint density at radius 2 is 1.96 bits per heavy atom. The molecule has 0 spiro atoms. The standard InChI is InChI=1S/C17H27N5O/c1-11-18-16(21-20-11)12-6-8-22(9-7-12)17(23)15-10-13-4-2-3-5-14(13)19-15/h12-15,19H,2-10H2,1H3,(H,18,20,21)/t13-,14+,15+/m1/s1. The minimum absolute atomic E-state index is 0.0606. The van der Waals surface area contributed by atoms with Crippen LogP contribution >= 0.6 is 0 Å². The van der Waals surface area contributed by atoms with E-state index in [1.165, 1.54) is 25.7 Å². The van der Waals surface area contributed by atoms with Gasteiger partial charge >= 0.3 is 0 Å². The van der Waals surface area contributed by atoms with Gasteiger partial charge < -0.3 is 10.2 Å². The van der Waals surface area contributed by atoms with Gasteiger partial charge in [0, 0.05) is 25.0 Å². The number of aryl methyl sites for hydroxylation is 1. The minimum atomic E-state index is 0.0606. The summed E-state index contributed by atoms with van der Waals surface area (Å²) < 4.78 is 0. The molecule has 2 aliphatic heterocycles. The van der Waals surface area contributed by atoms with Crippen molar-refractivity contribution in [1.29, 1.82) is 0 Å². The first-order chi connectivity index (χ1) is 11.2. The number of carbonyl (C=O) groups excluding carboxylic acids is 1. The highest BCUT2D eigenvalue weighted by atomic mass is 16.2. The van der Waals surface area contributed by atoms with Gasteiger partial charge in [-0.15, -0.1) is 0 Å². The average Bonchev–Trinajstić information content (AvgIpc) is 3.20. The summed E-state index contributed by atoms with van der Waals surface area (Å²) in [7, 11) is 0. The van der Waals surface area contributed by atoms with Crippen molar-refractivity contribution in [1.82, 2.24) is 25.4 Å². The molecule has 23 heavy (non-hydrogen) atoms. The van der Waals surface area contributed by atoms with E-state index in [1.807, 2.05) is 6.92 Å². The number of likely N-dealkylation sites (tertiary alicyclic amines) is 1. The number of hydrogen-bond acceptors (Lipinski definition) is 4. The van der Waals surface area contributed by atoms with Gasteiger partial charge in [0.05, 0.1) is 6.04 Å². The molecule has 0 radical (unpaired) electrons. The summed E-state index contributed by atoms with van der Waals surface area (Å²) in [6.07, 6.45) is 8.20. The first kappa shape index (κ1) is 15.1. The molecule has 6 heteroatoms. The largest absolute Gasteiger partial charge is 0.341 e. The summed E-state index contributed by atoms with van der Waals surface area (Å²) in [6.45, 7) is 3.61. The number of hydrogen-bond donors (Lipinski definition) is 2. The van der Waals surface area contributed by atoms with Crippen molar-refractivity contribution >= 4 is 5.91 Å². The van der Waals surface area contributed by atoms with E-state index in [1.54, 1.807) is 0 Å². The van der Waals surface area contributed by atoms with Crippen LogP contribution in [0.2, 0.25) is 0 Å². The van der Waals surface area contributed by atoms with E-state index in [9.17, 15) is 4.79 Å². The molecule has 2 saturated heterocycles. The molecule has 0 bridgehead atoms. The van der Waals surface area contributed by atoms with E-state index in [0.29, 0.717) is 17.9 Å². The van der Waals surface area contributed by atoms with Crippen LogP contribution in [-0.4, -0.2) is 51.2 Å². The number of nitrogens with one attached hydrogen (secondary N) is 2. The topological polar surface area (TPSA) is 73.9 Å². The first-order valence-electron chi connectivity index (χ1n) is 9.14. The van der Waals surface area contributed by atoms with E-state index in [0.717, 1.165) is 49.9 Å². The molecule has 3 fully saturated rings. The maximum Gasteiger partial charge on any atom is 0.239 e. The monoisotopic (exact) mass is 317 g/mol. The van der Waals surface area contributed by atoms with Gasteiger partial charge in [0.2, 0.25) is 5.91 Å². The third-order valence-electron chi connectivity index (χ3n) is 5.95. The Morgan fingerprint density at radius 3 is 2.65 bits per heavy atom. The first-order valence-corrected chi connectivity index (χ1v) is 9.14. The molecule has 1 aliphatic carbocycles. The number of fused-ring (bicyclic) bond motifs is 1. The van der Waals surface area contributed by atoms with Crippen molar-refractivity contribution in [2.45, 2.75) is 69.9 Å². The predicted molar refractivity (Wildman–Crippen MR) is 87.0 cm³/mol. The number of H-pyrrole nitrogens is 1. The van der Waals surface area contributed by atoms with Crippen molar-refractivity contribution < 1.29 is 4.79 Å². The molecule has 1 aromatic rings. The molecule has 3 heterocycles. The molecule has 3 aliphatic rings. The Balaban J connectivity index is 1.32. The van der Waals surface area contributed by atoms with Crippen LogP contribution < -0.4 is 5.32 Å². The fourth-order valence-corrected chi connectivity index (χ4v) is 4.63. The van der Waals surface area contributed by atoms with E-state index < -0.39 is 0 Å². The normalized spacial score (nSPS) is 32.0. The Labute approximate surface area is 137 Å². The highest BCUT2D eigenvalue weighted by Gasteiger charge is 2.40. The molecule has 0 aromatic carbocycles. The summed E-state index contributed by atoms with van der Waals surface area (Å²) in [5.74, 6) is 3.23. The Bertz CT molecular complexity index is 549. The fraction of sp³-hybridized carbons (Fsp3) is 0.824. The maximum absolute atomic E-state index is 12.8. The molecule has 6 nitrogen and oxygen atoms in total. The Morgan fingerprint density at radius 1 is 1.17 bits per heavy atom. The number of carbonyl (C=O) groups is 1. The zero-order valence-corrected chi connectivity index (χ0v) is 13.9. The van der Waals surface area contributed by atoms with Gasteiger partial charge in [-0.2, -0.15) is 5.10 Å². The highest BCUT2D eigenvalue weighted by Crippen LogP contribution is 2.34. The Hall–Kier alpha value is -1.43. The molecule has 4 rings (SSSR count). The fourth-order valence-electron chi connectivity index (χ4n) is 4.63. The van der Waals surface area contributed by atoms with Crippen molar-refractivity contribution in [2.75, 3.05) is 13.1 Å². The van der Waals surface area contributed by atoms with Crippen LogP contribution in [0, 0.1) is 12.8 Å². The number of piperidine rings is 1. The second-order valence-corrected chi connectivity index (χ2v) is 7.48. The second kappa shape index (κ2) is 6.23. The van der Waals surface area contributed by atoms with Crippen molar-refractivity contribution in [3.05, 3.63) is 11.6 Å². The van der Waals surface area contributed by atoms with Gasteiger partial charge in [0.25, 0.3) is 0 Å². The van der Waals surface area contributed by atoms with Gasteiger partial charge in [0.1, 0.15) is 5.82 Å². The van der Waals surface area contributed by atoms with E-state index in [4.69, 9.17) is 0 Å². The smallest absolute Gasteiger partial charge is 0.239 e. The van der Waals surface area contributed by atoms with Gasteiger partial charge in [-0.05, 0) is 44.9 Å². The number of aromatic amines is 1. The summed E-state index contributed by atoms with van der Waals surface area (Å²) >= 11 is 0. The van der Waals surface area contributed by atoms with Gasteiger partial charge in [-0.25, -0.2) is 4.98 Å². The molecule has 3 atom stereocenters. The van der Waals surface area contributed by atoms with Crippen molar-refractivity contribution in [3.63, 3.8) is 0 Å². The second-order valence-electron chi connectivity index (χ2n) is 7.48. The van der Waals surface area contributed by atoms with Gasteiger partial charge in [-0.3, -0.25) is 9.89 Å². The summed E-state index contributed by atoms with van der Waals surface area (Å²) in [4.78, 5) is 19.3. The van der Waals surface area contributed by atoms with Crippen LogP contribution in [0.1, 0.15) is 62.5 Å². The lowest BCUT2D eigenvalue weighted by molar-refractivity contribution is -0.134. The van der Waals surface area contributed by atoms with Gasteiger partial charge in [-0.1, -0.05) is 12.8 Å². The highest BCUT2D eigenvalue weighted by molar-refractivity contribution is 5.82. The maximum atomic E-state index is 12.8. The number of nitrogens with zero attached hydrogens (tertiary/aromatic N) is 3. The molecular weight excluding hydrogens is 290 g/mol.